The standard InChI is InChI=1S/C10H9BrO4/c11-9-3-6(15-7-4-14-5-7)1-2-8(9)10(12)13/h1-3,7H,4-5H2,(H,12,13). The van der Waals surface area contributed by atoms with Crippen molar-refractivity contribution in [1.82, 2.24) is 0 Å². The molecule has 2 rings (SSSR count). The molecule has 0 atom stereocenters. The van der Waals surface area contributed by atoms with Gasteiger partial charge in [0.2, 0.25) is 0 Å². The molecule has 0 spiro atoms. The first kappa shape index (κ1) is 10.4. The van der Waals surface area contributed by atoms with Crippen LogP contribution in [0.15, 0.2) is 22.7 Å². The number of ether oxygens (including phenoxy) is 2. The number of aromatic carboxylic acids is 1. The van der Waals surface area contributed by atoms with Crippen LogP contribution in [0.3, 0.4) is 0 Å². The molecular weight excluding hydrogens is 264 g/mol. The van der Waals surface area contributed by atoms with Crippen molar-refractivity contribution in [3.63, 3.8) is 0 Å². The summed E-state index contributed by atoms with van der Waals surface area (Å²) in [6, 6.07) is 4.82. The van der Waals surface area contributed by atoms with E-state index in [1.54, 1.807) is 12.1 Å². The number of hydrogen-bond donors (Lipinski definition) is 1. The van der Waals surface area contributed by atoms with Crippen LogP contribution in [-0.4, -0.2) is 30.4 Å². The zero-order valence-electron chi connectivity index (χ0n) is 7.77. The Hall–Kier alpha value is -1.07. The summed E-state index contributed by atoms with van der Waals surface area (Å²) in [6.07, 6.45) is 0.0904. The van der Waals surface area contributed by atoms with Crippen molar-refractivity contribution in [1.29, 1.82) is 0 Å². The maximum absolute atomic E-state index is 10.7. The van der Waals surface area contributed by atoms with Crippen LogP contribution in [-0.2, 0) is 4.74 Å². The van der Waals surface area contributed by atoms with Crippen molar-refractivity contribution in [2.45, 2.75) is 6.10 Å². The number of carboxylic acids is 1. The summed E-state index contributed by atoms with van der Waals surface area (Å²) in [5, 5.41) is 8.80. The van der Waals surface area contributed by atoms with Gasteiger partial charge in [0.25, 0.3) is 0 Å². The second-order valence-corrected chi connectivity index (χ2v) is 4.08. The molecule has 1 N–H and O–H groups in total. The van der Waals surface area contributed by atoms with Crippen LogP contribution >= 0.6 is 15.9 Å². The first-order valence-corrected chi connectivity index (χ1v) is 5.23. The van der Waals surface area contributed by atoms with Crippen molar-refractivity contribution in [2.24, 2.45) is 0 Å². The average Bonchev–Trinajstić information content (AvgIpc) is 2.11. The molecule has 15 heavy (non-hydrogen) atoms. The van der Waals surface area contributed by atoms with E-state index in [-0.39, 0.29) is 11.7 Å². The van der Waals surface area contributed by atoms with Crippen LogP contribution in [0.1, 0.15) is 10.4 Å². The summed E-state index contributed by atoms with van der Waals surface area (Å²) in [6.45, 7) is 1.19. The molecule has 5 heteroatoms. The highest BCUT2D eigenvalue weighted by Crippen LogP contribution is 2.24. The number of hydrogen-bond acceptors (Lipinski definition) is 3. The monoisotopic (exact) mass is 272 g/mol. The molecule has 0 radical (unpaired) electrons. The fourth-order valence-electron chi connectivity index (χ4n) is 1.22. The Morgan fingerprint density at radius 2 is 2.27 bits per heavy atom. The fourth-order valence-corrected chi connectivity index (χ4v) is 1.74. The van der Waals surface area contributed by atoms with Gasteiger partial charge in [0.15, 0.2) is 0 Å². The van der Waals surface area contributed by atoms with Crippen molar-refractivity contribution in [2.75, 3.05) is 13.2 Å². The molecule has 0 aromatic heterocycles. The van der Waals surface area contributed by atoms with Crippen LogP contribution in [0.25, 0.3) is 0 Å². The molecule has 1 aromatic carbocycles. The highest BCUT2D eigenvalue weighted by atomic mass is 79.9. The maximum atomic E-state index is 10.7. The van der Waals surface area contributed by atoms with Gasteiger partial charge in [0, 0.05) is 4.47 Å². The van der Waals surface area contributed by atoms with Crippen molar-refractivity contribution in [3.05, 3.63) is 28.2 Å². The lowest BCUT2D eigenvalue weighted by molar-refractivity contribution is -0.0797. The van der Waals surface area contributed by atoms with E-state index in [0.717, 1.165) is 0 Å². The summed E-state index contributed by atoms with van der Waals surface area (Å²) < 4.78 is 11.0. The molecule has 0 unspecified atom stereocenters. The highest BCUT2D eigenvalue weighted by Gasteiger charge is 2.20. The van der Waals surface area contributed by atoms with Gasteiger partial charge in [-0.3, -0.25) is 0 Å². The smallest absolute Gasteiger partial charge is 0.336 e. The SMILES string of the molecule is O=C(O)c1ccc(OC2COC2)cc1Br. The summed E-state index contributed by atoms with van der Waals surface area (Å²) in [4.78, 5) is 10.7. The molecule has 1 heterocycles. The Kier molecular flexibility index (Phi) is 2.93. The van der Waals surface area contributed by atoms with E-state index < -0.39 is 5.97 Å². The van der Waals surface area contributed by atoms with Crippen LogP contribution < -0.4 is 4.74 Å². The Bertz CT molecular complexity index is 387. The van der Waals surface area contributed by atoms with Gasteiger partial charge in [0.1, 0.15) is 11.9 Å². The van der Waals surface area contributed by atoms with Crippen LogP contribution in [0.5, 0.6) is 5.75 Å². The highest BCUT2D eigenvalue weighted by molar-refractivity contribution is 9.10. The van der Waals surface area contributed by atoms with Crippen molar-refractivity contribution >= 4 is 21.9 Å². The predicted molar refractivity (Wildman–Crippen MR) is 56.3 cm³/mol. The minimum Gasteiger partial charge on any atom is -0.486 e. The van der Waals surface area contributed by atoms with Gasteiger partial charge in [-0.2, -0.15) is 0 Å². The molecule has 0 bridgehead atoms. The van der Waals surface area contributed by atoms with E-state index in [1.165, 1.54) is 6.07 Å². The summed E-state index contributed by atoms with van der Waals surface area (Å²) in [5.74, 6) is -0.305. The van der Waals surface area contributed by atoms with E-state index in [4.69, 9.17) is 14.6 Å². The Morgan fingerprint density at radius 1 is 1.53 bits per heavy atom. The largest absolute Gasteiger partial charge is 0.486 e. The van der Waals surface area contributed by atoms with Crippen LogP contribution in [0.2, 0.25) is 0 Å². The minimum atomic E-state index is -0.958. The molecule has 4 nitrogen and oxygen atoms in total. The summed E-state index contributed by atoms with van der Waals surface area (Å²) in [7, 11) is 0. The van der Waals surface area contributed by atoms with Gasteiger partial charge in [0.05, 0.1) is 18.8 Å². The van der Waals surface area contributed by atoms with Gasteiger partial charge < -0.3 is 14.6 Å². The van der Waals surface area contributed by atoms with Gasteiger partial charge in [-0.25, -0.2) is 4.79 Å². The topological polar surface area (TPSA) is 55.8 Å². The van der Waals surface area contributed by atoms with E-state index in [9.17, 15) is 4.79 Å². The average molecular weight is 273 g/mol. The number of rotatable bonds is 3. The predicted octanol–water partition coefficient (Wildman–Crippen LogP) is 1.92. The molecule has 1 aliphatic heterocycles. The number of carbonyl (C=O) groups is 1. The molecule has 0 aliphatic carbocycles. The van der Waals surface area contributed by atoms with E-state index >= 15 is 0 Å². The number of benzene rings is 1. The van der Waals surface area contributed by atoms with Gasteiger partial charge in [-0.15, -0.1) is 0 Å². The normalized spacial score (nSPS) is 15.8. The Morgan fingerprint density at radius 3 is 2.73 bits per heavy atom. The lowest BCUT2D eigenvalue weighted by atomic mass is 10.2. The van der Waals surface area contributed by atoms with Crippen molar-refractivity contribution < 1.29 is 19.4 Å². The molecule has 0 amide bonds. The van der Waals surface area contributed by atoms with Gasteiger partial charge in [-0.1, -0.05) is 0 Å². The first-order chi connectivity index (χ1) is 7.16. The summed E-state index contributed by atoms with van der Waals surface area (Å²) in [5.41, 5.74) is 0.229. The van der Waals surface area contributed by atoms with Crippen molar-refractivity contribution in [3.8, 4) is 5.75 Å². The molecule has 1 saturated heterocycles. The second kappa shape index (κ2) is 4.20. The zero-order chi connectivity index (χ0) is 10.8. The quantitative estimate of drug-likeness (QED) is 0.914. The first-order valence-electron chi connectivity index (χ1n) is 4.44. The van der Waals surface area contributed by atoms with E-state index in [2.05, 4.69) is 15.9 Å². The third-order valence-electron chi connectivity index (χ3n) is 2.08. The fraction of sp³-hybridized carbons (Fsp3) is 0.300. The number of carboxylic acid groups (broad SMARTS) is 1. The molecular formula is C10H9BrO4. The zero-order valence-corrected chi connectivity index (χ0v) is 9.36. The summed E-state index contributed by atoms with van der Waals surface area (Å²) >= 11 is 3.19. The molecule has 80 valence electrons. The maximum Gasteiger partial charge on any atom is 0.336 e. The lowest BCUT2D eigenvalue weighted by Crippen LogP contribution is -2.38. The third-order valence-corrected chi connectivity index (χ3v) is 2.74. The molecule has 1 aliphatic rings. The second-order valence-electron chi connectivity index (χ2n) is 3.22. The van der Waals surface area contributed by atoms with Crippen LogP contribution in [0.4, 0.5) is 0 Å². The molecule has 0 saturated carbocycles. The molecule has 1 aromatic rings. The Labute approximate surface area is 94.9 Å². The van der Waals surface area contributed by atoms with Gasteiger partial charge >= 0.3 is 5.97 Å². The van der Waals surface area contributed by atoms with Gasteiger partial charge in [-0.05, 0) is 34.1 Å². The third kappa shape index (κ3) is 2.30. The number of halogens is 1. The van der Waals surface area contributed by atoms with Crippen LogP contribution in [0, 0.1) is 0 Å². The minimum absolute atomic E-state index is 0.0904. The van der Waals surface area contributed by atoms with E-state index in [0.29, 0.717) is 23.4 Å². The Balaban J connectivity index is 2.13. The lowest BCUT2D eigenvalue weighted by Gasteiger charge is -2.26. The van der Waals surface area contributed by atoms with E-state index in [1.807, 2.05) is 0 Å². The molecule has 1 fully saturated rings.